The van der Waals surface area contributed by atoms with Crippen molar-refractivity contribution in [2.75, 3.05) is 0 Å². The minimum atomic E-state index is -0.170. The van der Waals surface area contributed by atoms with E-state index in [2.05, 4.69) is 46.8 Å². The van der Waals surface area contributed by atoms with Crippen LogP contribution in [0.5, 0.6) is 5.75 Å². The summed E-state index contributed by atoms with van der Waals surface area (Å²) >= 11 is 0. The van der Waals surface area contributed by atoms with E-state index in [1.165, 1.54) is 0 Å². The lowest BCUT2D eigenvalue weighted by atomic mass is 9.74. The maximum atomic E-state index is 12.2. The highest BCUT2D eigenvalue weighted by Gasteiger charge is 2.28. The third-order valence-corrected chi connectivity index (χ3v) is 3.82. The molecule has 2 heteroatoms. The molecule has 2 aromatic rings. The molecule has 24 heavy (non-hydrogen) atoms. The zero-order valence-corrected chi connectivity index (χ0v) is 15.4. The number of ether oxygens (including phenoxy) is 1. The molecule has 0 N–H and O–H groups in total. The first-order chi connectivity index (χ1) is 11.1. The molecule has 128 valence electrons. The van der Waals surface area contributed by atoms with E-state index < -0.39 is 0 Å². The molecule has 2 aromatic carbocycles. The van der Waals surface area contributed by atoms with E-state index in [1.807, 2.05) is 42.5 Å². The number of benzene rings is 2. The lowest BCUT2D eigenvalue weighted by molar-refractivity contribution is -0.136. The van der Waals surface area contributed by atoms with Crippen molar-refractivity contribution in [2.24, 2.45) is 10.8 Å². The Labute approximate surface area is 145 Å². The van der Waals surface area contributed by atoms with Crippen molar-refractivity contribution in [1.29, 1.82) is 0 Å². The zero-order valence-electron chi connectivity index (χ0n) is 15.4. The maximum absolute atomic E-state index is 12.2. The molecule has 0 saturated carbocycles. The molecular weight excluding hydrogens is 296 g/mol. The molecule has 0 aliphatic carbocycles. The Morgan fingerprint density at radius 2 is 1.38 bits per heavy atom. The van der Waals surface area contributed by atoms with Crippen molar-refractivity contribution in [3.63, 3.8) is 0 Å². The third kappa shape index (κ3) is 5.84. The number of carbonyl (C=O) groups excluding carboxylic acids is 1. The molecule has 0 heterocycles. The van der Waals surface area contributed by atoms with E-state index >= 15 is 0 Å². The molecule has 0 unspecified atom stereocenters. The van der Waals surface area contributed by atoms with E-state index in [4.69, 9.17) is 4.74 Å². The lowest BCUT2D eigenvalue weighted by Gasteiger charge is -2.31. The Bertz CT molecular complexity index is 661. The van der Waals surface area contributed by atoms with Crippen molar-refractivity contribution in [3.8, 4) is 16.9 Å². The van der Waals surface area contributed by atoms with Gasteiger partial charge in [0.2, 0.25) is 0 Å². The van der Waals surface area contributed by atoms with E-state index in [9.17, 15) is 4.79 Å². The largest absolute Gasteiger partial charge is 0.427 e. The van der Waals surface area contributed by atoms with Crippen LogP contribution in [0.4, 0.5) is 0 Å². The van der Waals surface area contributed by atoms with Crippen molar-refractivity contribution >= 4 is 5.97 Å². The monoisotopic (exact) mass is 324 g/mol. The Hall–Kier alpha value is -2.09. The SMILES string of the molecule is CC(C)(C)CC(C)(C)CC(=O)Oc1ccc(-c2ccccc2)cc1. The van der Waals surface area contributed by atoms with Crippen molar-refractivity contribution in [3.05, 3.63) is 54.6 Å². The summed E-state index contributed by atoms with van der Waals surface area (Å²) in [6.45, 7) is 10.8. The molecule has 0 spiro atoms. The number of hydrogen-bond acceptors (Lipinski definition) is 2. The Balaban J connectivity index is 1.97. The number of esters is 1. The first-order valence-electron chi connectivity index (χ1n) is 8.51. The molecule has 0 saturated heterocycles. The summed E-state index contributed by atoms with van der Waals surface area (Å²) in [7, 11) is 0. The quantitative estimate of drug-likeness (QED) is 0.490. The fourth-order valence-electron chi connectivity index (χ4n) is 3.40. The van der Waals surface area contributed by atoms with Gasteiger partial charge < -0.3 is 4.74 Å². The van der Waals surface area contributed by atoms with Crippen LogP contribution < -0.4 is 4.74 Å². The highest BCUT2D eigenvalue weighted by Crippen LogP contribution is 2.36. The van der Waals surface area contributed by atoms with Crippen LogP contribution >= 0.6 is 0 Å². The molecule has 2 rings (SSSR count). The lowest BCUT2D eigenvalue weighted by Crippen LogP contribution is -2.25. The van der Waals surface area contributed by atoms with Crippen LogP contribution in [0.25, 0.3) is 11.1 Å². The van der Waals surface area contributed by atoms with Gasteiger partial charge in [-0.05, 0) is 40.5 Å². The van der Waals surface area contributed by atoms with Gasteiger partial charge in [0.25, 0.3) is 0 Å². The van der Waals surface area contributed by atoms with Crippen LogP contribution in [0, 0.1) is 10.8 Å². The minimum absolute atomic E-state index is 0.0701. The Kier molecular flexibility index (Phi) is 5.48. The summed E-state index contributed by atoms with van der Waals surface area (Å²) in [6, 6.07) is 17.8. The first-order valence-corrected chi connectivity index (χ1v) is 8.51. The molecule has 0 atom stereocenters. The fraction of sp³-hybridized carbons (Fsp3) is 0.409. The molecular formula is C22H28O2. The summed E-state index contributed by atoms with van der Waals surface area (Å²) < 4.78 is 5.52. The van der Waals surface area contributed by atoms with Gasteiger partial charge in [0.1, 0.15) is 5.75 Å². The van der Waals surface area contributed by atoms with Gasteiger partial charge >= 0.3 is 5.97 Å². The van der Waals surface area contributed by atoms with Crippen LogP contribution in [0.3, 0.4) is 0 Å². The summed E-state index contributed by atoms with van der Waals surface area (Å²) in [5, 5.41) is 0. The molecule has 0 bridgehead atoms. The molecule has 0 aliphatic heterocycles. The van der Waals surface area contributed by atoms with E-state index in [0.717, 1.165) is 17.5 Å². The summed E-state index contributed by atoms with van der Waals surface area (Å²) in [4.78, 5) is 12.2. The molecule has 2 nitrogen and oxygen atoms in total. The van der Waals surface area contributed by atoms with Crippen LogP contribution in [0.1, 0.15) is 47.5 Å². The van der Waals surface area contributed by atoms with Gasteiger partial charge in [-0.15, -0.1) is 0 Å². The smallest absolute Gasteiger partial charge is 0.311 e. The minimum Gasteiger partial charge on any atom is -0.427 e. The summed E-state index contributed by atoms with van der Waals surface area (Å²) in [5.41, 5.74) is 2.39. The van der Waals surface area contributed by atoms with Crippen molar-refractivity contribution in [2.45, 2.75) is 47.5 Å². The first kappa shape index (κ1) is 18.3. The number of rotatable bonds is 5. The average Bonchev–Trinajstić information content (AvgIpc) is 2.45. The predicted octanol–water partition coefficient (Wildman–Crippen LogP) is 6.11. The molecule has 0 radical (unpaired) electrons. The van der Waals surface area contributed by atoms with Gasteiger partial charge in [-0.2, -0.15) is 0 Å². The van der Waals surface area contributed by atoms with Gasteiger partial charge in [0, 0.05) is 0 Å². The second-order valence-electron chi connectivity index (χ2n) is 8.44. The van der Waals surface area contributed by atoms with E-state index in [1.54, 1.807) is 0 Å². The number of carbonyl (C=O) groups is 1. The molecule has 0 aromatic heterocycles. The van der Waals surface area contributed by atoms with E-state index in [-0.39, 0.29) is 16.8 Å². The van der Waals surface area contributed by atoms with Gasteiger partial charge in [-0.3, -0.25) is 4.79 Å². The van der Waals surface area contributed by atoms with Gasteiger partial charge in [-0.1, -0.05) is 77.1 Å². The topological polar surface area (TPSA) is 26.3 Å². The zero-order chi connectivity index (χ0) is 17.8. The second kappa shape index (κ2) is 7.21. The fourth-order valence-corrected chi connectivity index (χ4v) is 3.40. The van der Waals surface area contributed by atoms with Crippen LogP contribution in [0.15, 0.2) is 54.6 Å². The summed E-state index contributed by atoms with van der Waals surface area (Å²) in [6.07, 6.45) is 1.40. The van der Waals surface area contributed by atoms with E-state index in [0.29, 0.717) is 12.2 Å². The van der Waals surface area contributed by atoms with Crippen molar-refractivity contribution in [1.82, 2.24) is 0 Å². The van der Waals surface area contributed by atoms with Crippen LogP contribution in [-0.2, 0) is 4.79 Å². The number of hydrogen-bond donors (Lipinski definition) is 0. The maximum Gasteiger partial charge on any atom is 0.311 e. The Morgan fingerprint density at radius 1 is 0.833 bits per heavy atom. The third-order valence-electron chi connectivity index (χ3n) is 3.82. The van der Waals surface area contributed by atoms with Gasteiger partial charge in [-0.25, -0.2) is 0 Å². The highest BCUT2D eigenvalue weighted by molar-refractivity contribution is 5.73. The summed E-state index contributed by atoms with van der Waals surface area (Å²) in [5.74, 6) is 0.433. The predicted molar refractivity (Wildman–Crippen MR) is 100.0 cm³/mol. The Morgan fingerprint density at radius 3 is 1.92 bits per heavy atom. The molecule has 0 amide bonds. The normalized spacial score (nSPS) is 12.0. The average molecular weight is 324 g/mol. The van der Waals surface area contributed by atoms with Gasteiger partial charge in [0.15, 0.2) is 0 Å². The van der Waals surface area contributed by atoms with Crippen molar-refractivity contribution < 1.29 is 9.53 Å². The molecule has 0 fully saturated rings. The highest BCUT2D eigenvalue weighted by atomic mass is 16.5. The van der Waals surface area contributed by atoms with Crippen LogP contribution in [-0.4, -0.2) is 5.97 Å². The molecule has 0 aliphatic rings. The van der Waals surface area contributed by atoms with Crippen LogP contribution in [0.2, 0.25) is 0 Å². The van der Waals surface area contributed by atoms with Gasteiger partial charge in [0.05, 0.1) is 6.42 Å². The second-order valence-corrected chi connectivity index (χ2v) is 8.44. The standard InChI is InChI=1S/C22H28O2/c1-21(2,3)16-22(4,5)15-20(23)24-19-13-11-18(12-14-19)17-9-7-6-8-10-17/h6-14H,15-16H2,1-5H3.